The van der Waals surface area contributed by atoms with Crippen LogP contribution in [0, 0.1) is 0 Å². The quantitative estimate of drug-likeness (QED) is 0.0841. The number of fused-ring (bicyclic) bond motifs is 1. The molecular formula is C62H54N4O6. The van der Waals surface area contributed by atoms with Gasteiger partial charge in [0.05, 0.1) is 51.0 Å². The molecule has 2 aliphatic heterocycles. The van der Waals surface area contributed by atoms with Gasteiger partial charge >= 0.3 is 0 Å². The summed E-state index contributed by atoms with van der Waals surface area (Å²) >= 11 is 0. The zero-order valence-corrected chi connectivity index (χ0v) is 40.7. The van der Waals surface area contributed by atoms with E-state index in [0.717, 1.165) is 79.4 Å². The molecule has 0 bridgehead atoms. The van der Waals surface area contributed by atoms with Crippen LogP contribution in [0.3, 0.4) is 0 Å². The van der Waals surface area contributed by atoms with E-state index in [1.165, 1.54) is 0 Å². The number of carbonyl (C=O) groups is 2. The number of hydrogen-bond donors (Lipinski definition) is 0. The van der Waals surface area contributed by atoms with Gasteiger partial charge in [-0.3, -0.25) is 9.59 Å². The molecule has 0 atom stereocenters. The van der Waals surface area contributed by atoms with Crippen molar-refractivity contribution in [3.05, 3.63) is 240 Å². The highest BCUT2D eigenvalue weighted by Gasteiger charge is 2.48. The standard InChI is InChI=1S/C62H54N4O6/c1-69-53-31-23-49(24-32-53)65(50-25-33-54(70-2)34-26-50)47-19-15-45(16-20-47)59-57-58(62(68)63(59)41-39-43-11-7-5-8-12-43)60(64(61(57)67)42-40-44-13-9-6-10-14-44)46-17-21-48(22-18-46)66(51-27-35-55(71-3)36-28-51)52-29-37-56(72-4)38-30-52/h5-38H,39-42H2,1-4H3. The van der Waals surface area contributed by atoms with E-state index >= 15 is 9.59 Å². The van der Waals surface area contributed by atoms with E-state index in [9.17, 15) is 0 Å². The molecule has 2 amide bonds. The van der Waals surface area contributed by atoms with Crippen LogP contribution in [0.1, 0.15) is 22.3 Å². The van der Waals surface area contributed by atoms with Gasteiger partial charge in [0.1, 0.15) is 23.0 Å². The first-order valence-electron chi connectivity index (χ1n) is 23.9. The fourth-order valence-corrected chi connectivity index (χ4v) is 9.55. The van der Waals surface area contributed by atoms with Gasteiger partial charge in [-0.1, -0.05) is 84.9 Å². The maximum absolute atomic E-state index is 15.4. The van der Waals surface area contributed by atoms with Gasteiger partial charge in [-0.05, 0) is 156 Å². The second kappa shape index (κ2) is 20.9. The van der Waals surface area contributed by atoms with Crippen molar-refractivity contribution in [3.8, 4) is 23.0 Å². The van der Waals surface area contributed by atoms with E-state index in [0.29, 0.717) is 48.5 Å². The Morgan fingerprint density at radius 1 is 0.333 bits per heavy atom. The van der Waals surface area contributed by atoms with Crippen LogP contribution in [0.4, 0.5) is 34.1 Å². The highest BCUT2D eigenvalue weighted by Crippen LogP contribution is 2.48. The van der Waals surface area contributed by atoms with Gasteiger partial charge < -0.3 is 38.5 Å². The van der Waals surface area contributed by atoms with Crippen LogP contribution >= 0.6 is 0 Å². The van der Waals surface area contributed by atoms with Gasteiger partial charge in [-0.15, -0.1) is 0 Å². The summed E-state index contributed by atoms with van der Waals surface area (Å²) < 4.78 is 22.0. The predicted octanol–water partition coefficient (Wildman–Crippen LogP) is 13.0. The summed E-state index contributed by atoms with van der Waals surface area (Å²) in [5.74, 6) is 2.60. The van der Waals surface area contributed by atoms with E-state index in [4.69, 9.17) is 18.9 Å². The Kier molecular flexibility index (Phi) is 13.6. The predicted molar refractivity (Wildman–Crippen MR) is 286 cm³/mol. The molecule has 10 rings (SSSR count). The van der Waals surface area contributed by atoms with Gasteiger partial charge in [0.2, 0.25) is 0 Å². The zero-order valence-electron chi connectivity index (χ0n) is 40.7. The van der Waals surface area contributed by atoms with Crippen LogP contribution in [0.25, 0.3) is 11.4 Å². The molecule has 8 aromatic carbocycles. The molecular weight excluding hydrogens is 897 g/mol. The second-order valence-corrected chi connectivity index (χ2v) is 17.4. The number of carbonyl (C=O) groups excluding carboxylic acids is 2. The van der Waals surface area contributed by atoms with Gasteiger partial charge in [0.15, 0.2) is 0 Å². The molecule has 0 N–H and O–H groups in total. The van der Waals surface area contributed by atoms with Gasteiger partial charge in [-0.25, -0.2) is 0 Å². The third-order valence-electron chi connectivity index (χ3n) is 13.2. The highest BCUT2D eigenvalue weighted by atomic mass is 16.5. The Morgan fingerprint density at radius 3 is 0.833 bits per heavy atom. The van der Waals surface area contributed by atoms with E-state index in [2.05, 4.69) is 34.1 Å². The number of rotatable bonds is 18. The number of ether oxygens (including phenoxy) is 4. The molecule has 2 aliphatic rings. The number of hydrogen-bond acceptors (Lipinski definition) is 8. The van der Waals surface area contributed by atoms with Crippen molar-refractivity contribution in [3.63, 3.8) is 0 Å². The Bertz CT molecular complexity index is 2910. The summed E-state index contributed by atoms with van der Waals surface area (Å²) in [6.07, 6.45) is 1.19. The summed E-state index contributed by atoms with van der Waals surface area (Å²) in [5, 5.41) is 0. The lowest BCUT2D eigenvalue weighted by atomic mass is 10.0. The monoisotopic (exact) mass is 950 g/mol. The lowest BCUT2D eigenvalue weighted by molar-refractivity contribution is -0.124. The molecule has 0 unspecified atom stereocenters. The molecule has 0 aliphatic carbocycles. The van der Waals surface area contributed by atoms with E-state index in [1.807, 2.05) is 192 Å². The fourth-order valence-electron chi connectivity index (χ4n) is 9.55. The van der Waals surface area contributed by atoms with E-state index in [-0.39, 0.29) is 11.8 Å². The lowest BCUT2D eigenvalue weighted by Crippen LogP contribution is -2.32. The minimum absolute atomic E-state index is 0.203. The fraction of sp³-hybridized carbons (Fsp3) is 0.129. The van der Waals surface area contributed by atoms with Gasteiger partial charge in [-0.2, -0.15) is 0 Å². The van der Waals surface area contributed by atoms with Crippen LogP contribution < -0.4 is 28.7 Å². The maximum atomic E-state index is 15.4. The third-order valence-corrected chi connectivity index (χ3v) is 13.2. The van der Waals surface area contributed by atoms with Crippen molar-refractivity contribution in [2.75, 3.05) is 51.3 Å². The number of benzene rings is 8. The Labute approximate surface area is 420 Å². The number of amides is 2. The molecule has 0 saturated carbocycles. The normalized spacial score (nSPS) is 13.1. The number of methoxy groups -OCH3 is 4. The molecule has 0 radical (unpaired) electrons. The van der Waals surface area contributed by atoms with Crippen LogP contribution in [0.15, 0.2) is 217 Å². The number of anilines is 6. The largest absolute Gasteiger partial charge is 0.497 e. The second-order valence-electron chi connectivity index (χ2n) is 17.4. The van der Waals surface area contributed by atoms with Crippen molar-refractivity contribution in [2.45, 2.75) is 12.8 Å². The van der Waals surface area contributed by atoms with Crippen LogP contribution in [0.5, 0.6) is 23.0 Å². The molecule has 2 heterocycles. The lowest BCUT2D eigenvalue weighted by Gasteiger charge is -2.28. The van der Waals surface area contributed by atoms with Crippen molar-refractivity contribution in [2.24, 2.45) is 0 Å². The molecule has 10 heteroatoms. The molecule has 358 valence electrons. The van der Waals surface area contributed by atoms with Gasteiger partial charge in [0.25, 0.3) is 11.8 Å². The SMILES string of the molecule is COc1ccc(N(c2ccc(OC)cc2)c2ccc(C3=C4C(=O)N(CCc5ccccc5)C(c5ccc(N(c6ccc(OC)cc6)c6ccc(OC)cc6)cc5)=C4C(=O)N3CCc3ccccc3)cc2)cc1. The number of nitrogens with zero attached hydrogens (tertiary/aromatic N) is 4. The zero-order chi connectivity index (χ0) is 49.6. The first kappa shape index (κ1) is 46.7. The maximum Gasteiger partial charge on any atom is 0.261 e. The Balaban J connectivity index is 1.10. The average Bonchev–Trinajstić information content (AvgIpc) is 3.90. The summed E-state index contributed by atoms with van der Waals surface area (Å²) in [7, 11) is 6.62. The molecule has 0 fully saturated rings. The molecule has 0 saturated heterocycles. The topological polar surface area (TPSA) is 84.0 Å². The molecule has 72 heavy (non-hydrogen) atoms. The first-order chi connectivity index (χ1) is 35.3. The third kappa shape index (κ3) is 9.37. The Morgan fingerprint density at radius 2 is 0.583 bits per heavy atom. The summed E-state index contributed by atoms with van der Waals surface area (Å²) in [6.45, 7) is 0.748. The van der Waals surface area contributed by atoms with E-state index in [1.54, 1.807) is 28.4 Å². The smallest absolute Gasteiger partial charge is 0.261 e. The first-order valence-corrected chi connectivity index (χ1v) is 23.9. The highest BCUT2D eigenvalue weighted by molar-refractivity contribution is 6.30. The minimum Gasteiger partial charge on any atom is -0.497 e. The summed E-state index contributed by atoms with van der Waals surface area (Å²) in [5.41, 5.74) is 11.2. The molecule has 0 aromatic heterocycles. The molecule has 10 nitrogen and oxygen atoms in total. The van der Waals surface area contributed by atoms with E-state index < -0.39 is 0 Å². The average molecular weight is 951 g/mol. The van der Waals surface area contributed by atoms with Crippen molar-refractivity contribution in [1.29, 1.82) is 0 Å². The van der Waals surface area contributed by atoms with Crippen molar-refractivity contribution >= 4 is 57.3 Å². The molecule has 0 spiro atoms. The Hall–Kier alpha value is -9.02. The van der Waals surface area contributed by atoms with Crippen LogP contribution in [-0.2, 0) is 22.4 Å². The minimum atomic E-state index is -0.203. The van der Waals surface area contributed by atoms with Crippen molar-refractivity contribution < 1.29 is 28.5 Å². The molecule has 8 aromatic rings. The van der Waals surface area contributed by atoms with Gasteiger partial charge in [0, 0.05) is 47.2 Å². The van der Waals surface area contributed by atoms with Crippen LogP contribution in [-0.4, -0.2) is 63.1 Å². The summed E-state index contributed by atoms with van der Waals surface area (Å²) in [6, 6.07) is 68.2. The van der Waals surface area contributed by atoms with Crippen LogP contribution in [0.2, 0.25) is 0 Å². The summed E-state index contributed by atoms with van der Waals surface area (Å²) in [4.78, 5) is 38.8. The van der Waals surface area contributed by atoms with Crippen molar-refractivity contribution in [1.82, 2.24) is 9.80 Å².